The lowest BCUT2D eigenvalue weighted by Gasteiger charge is -2.16. The van der Waals surface area contributed by atoms with Gasteiger partial charge in [-0.05, 0) is 47.4 Å². The van der Waals surface area contributed by atoms with E-state index in [2.05, 4.69) is 34.9 Å². The molecule has 4 rings (SSSR count). The molecule has 0 radical (unpaired) electrons. The molecular weight excluding hydrogens is 420 g/mol. The molecule has 174 valence electrons. The summed E-state index contributed by atoms with van der Waals surface area (Å²) in [6.07, 6.45) is 2.67. The number of alkyl carbamates (subject to hydrolysis) is 1. The Balaban J connectivity index is 1.16. The third kappa shape index (κ3) is 5.35. The monoisotopic (exact) mass is 450 g/mol. The van der Waals surface area contributed by atoms with Crippen molar-refractivity contribution in [2.24, 2.45) is 11.8 Å². The molecule has 7 heteroatoms. The minimum absolute atomic E-state index is 0.00500. The molecule has 2 amide bonds. The van der Waals surface area contributed by atoms with Crippen LogP contribution in [0.15, 0.2) is 48.5 Å². The highest BCUT2D eigenvalue weighted by Crippen LogP contribution is 2.44. The average molecular weight is 451 g/mol. The van der Waals surface area contributed by atoms with E-state index in [1.807, 2.05) is 24.3 Å². The van der Waals surface area contributed by atoms with Gasteiger partial charge in [-0.2, -0.15) is 0 Å². The van der Waals surface area contributed by atoms with E-state index in [0.29, 0.717) is 25.9 Å². The van der Waals surface area contributed by atoms with E-state index in [4.69, 9.17) is 4.74 Å². The summed E-state index contributed by atoms with van der Waals surface area (Å²) >= 11 is 0. The third-order valence-electron chi connectivity index (χ3n) is 6.73. The normalized spacial score (nSPS) is 18.9. The molecule has 2 aliphatic carbocycles. The van der Waals surface area contributed by atoms with Crippen molar-refractivity contribution >= 4 is 18.0 Å². The van der Waals surface area contributed by atoms with Crippen LogP contribution in [0, 0.1) is 11.8 Å². The number of benzene rings is 2. The minimum atomic E-state index is -0.779. The van der Waals surface area contributed by atoms with E-state index in [1.54, 1.807) is 0 Å². The van der Waals surface area contributed by atoms with Crippen molar-refractivity contribution in [3.8, 4) is 11.1 Å². The summed E-state index contributed by atoms with van der Waals surface area (Å²) in [5.74, 6) is -1.25. The van der Waals surface area contributed by atoms with Crippen LogP contribution in [-0.4, -0.2) is 42.8 Å². The van der Waals surface area contributed by atoms with Crippen molar-refractivity contribution in [3.63, 3.8) is 0 Å². The van der Waals surface area contributed by atoms with Crippen LogP contribution in [0.4, 0.5) is 4.79 Å². The quantitative estimate of drug-likeness (QED) is 0.502. The molecule has 0 heterocycles. The number of hydrogen-bond donors (Lipinski definition) is 3. The number of carbonyl (C=O) groups is 3. The number of aliphatic carboxylic acids is 1. The van der Waals surface area contributed by atoms with Crippen molar-refractivity contribution in [2.75, 3.05) is 19.7 Å². The molecular formula is C26H30N2O5. The topological polar surface area (TPSA) is 105 Å². The lowest BCUT2D eigenvalue weighted by Crippen LogP contribution is -2.33. The van der Waals surface area contributed by atoms with E-state index in [9.17, 15) is 19.5 Å². The average Bonchev–Trinajstić information content (AvgIpc) is 3.42. The van der Waals surface area contributed by atoms with E-state index in [0.717, 1.165) is 24.0 Å². The molecule has 1 fully saturated rings. The van der Waals surface area contributed by atoms with Gasteiger partial charge < -0.3 is 20.5 Å². The zero-order valence-corrected chi connectivity index (χ0v) is 18.6. The largest absolute Gasteiger partial charge is 0.481 e. The van der Waals surface area contributed by atoms with Crippen molar-refractivity contribution < 1.29 is 24.2 Å². The zero-order chi connectivity index (χ0) is 23.2. The van der Waals surface area contributed by atoms with E-state index < -0.39 is 12.1 Å². The Morgan fingerprint density at radius 3 is 2.27 bits per heavy atom. The van der Waals surface area contributed by atoms with Crippen LogP contribution in [0.5, 0.6) is 0 Å². The van der Waals surface area contributed by atoms with Gasteiger partial charge in [0, 0.05) is 25.4 Å². The first-order valence-electron chi connectivity index (χ1n) is 11.6. The van der Waals surface area contributed by atoms with Gasteiger partial charge in [-0.15, -0.1) is 0 Å². The highest BCUT2D eigenvalue weighted by molar-refractivity contribution is 5.79. The van der Waals surface area contributed by atoms with Crippen molar-refractivity contribution in [2.45, 2.75) is 38.0 Å². The fraction of sp³-hybridized carbons (Fsp3) is 0.423. The summed E-state index contributed by atoms with van der Waals surface area (Å²) in [7, 11) is 0. The molecule has 0 aromatic heterocycles. The van der Waals surface area contributed by atoms with Crippen LogP contribution >= 0.6 is 0 Å². The molecule has 0 saturated heterocycles. The molecule has 2 aromatic carbocycles. The molecule has 7 nitrogen and oxygen atoms in total. The summed E-state index contributed by atoms with van der Waals surface area (Å²) in [5.41, 5.74) is 4.69. The van der Waals surface area contributed by atoms with Gasteiger partial charge in [0.15, 0.2) is 0 Å². The first kappa shape index (κ1) is 22.8. The van der Waals surface area contributed by atoms with Gasteiger partial charge in [-0.1, -0.05) is 55.0 Å². The summed E-state index contributed by atoms with van der Waals surface area (Å²) in [4.78, 5) is 35.5. The Morgan fingerprint density at radius 2 is 1.61 bits per heavy atom. The summed E-state index contributed by atoms with van der Waals surface area (Å²) in [6.45, 7) is 0.993. The van der Waals surface area contributed by atoms with Crippen molar-refractivity contribution in [3.05, 3.63) is 59.7 Å². The zero-order valence-electron chi connectivity index (χ0n) is 18.6. The number of carboxylic acid groups (broad SMARTS) is 1. The van der Waals surface area contributed by atoms with Gasteiger partial charge in [0.2, 0.25) is 5.91 Å². The minimum Gasteiger partial charge on any atom is -0.481 e. The Bertz CT molecular complexity index is 976. The van der Waals surface area contributed by atoms with E-state index >= 15 is 0 Å². The Morgan fingerprint density at radius 1 is 0.939 bits per heavy atom. The lowest BCUT2D eigenvalue weighted by molar-refractivity contribution is -0.143. The molecule has 33 heavy (non-hydrogen) atoms. The molecule has 2 unspecified atom stereocenters. The first-order valence-corrected chi connectivity index (χ1v) is 11.6. The number of fused-ring (bicyclic) bond motifs is 3. The lowest BCUT2D eigenvalue weighted by atomic mass is 9.96. The fourth-order valence-corrected chi connectivity index (χ4v) is 5.03. The van der Waals surface area contributed by atoms with Gasteiger partial charge >= 0.3 is 12.1 Å². The maximum absolute atomic E-state index is 12.2. The van der Waals surface area contributed by atoms with Gasteiger partial charge in [0.1, 0.15) is 6.61 Å². The molecule has 1 saturated carbocycles. The SMILES string of the molecule is O=C(CCCNC(=O)OCC1c2ccccc2-c2ccccc21)NCC1CCCC1C(=O)O. The van der Waals surface area contributed by atoms with E-state index in [1.165, 1.54) is 11.1 Å². The predicted molar refractivity (Wildman–Crippen MR) is 124 cm³/mol. The maximum Gasteiger partial charge on any atom is 0.407 e. The van der Waals surface area contributed by atoms with E-state index in [-0.39, 0.29) is 36.7 Å². The van der Waals surface area contributed by atoms with Crippen LogP contribution < -0.4 is 10.6 Å². The number of ether oxygens (including phenoxy) is 1. The predicted octanol–water partition coefficient (Wildman–Crippen LogP) is 3.92. The van der Waals surface area contributed by atoms with Gasteiger partial charge in [0.25, 0.3) is 0 Å². The number of amides is 2. The molecule has 0 bridgehead atoms. The summed E-state index contributed by atoms with van der Waals surface area (Å²) in [5, 5.41) is 14.8. The molecule has 2 aromatic rings. The second kappa shape index (κ2) is 10.5. The van der Waals surface area contributed by atoms with Crippen LogP contribution in [0.2, 0.25) is 0 Å². The number of rotatable bonds is 9. The van der Waals surface area contributed by atoms with Crippen molar-refractivity contribution in [1.29, 1.82) is 0 Å². The number of hydrogen-bond acceptors (Lipinski definition) is 4. The van der Waals surface area contributed by atoms with Crippen LogP contribution in [0.1, 0.15) is 49.1 Å². The highest BCUT2D eigenvalue weighted by Gasteiger charge is 2.33. The molecule has 2 aliphatic rings. The van der Waals surface area contributed by atoms with Gasteiger partial charge in [-0.3, -0.25) is 9.59 Å². The van der Waals surface area contributed by atoms with Crippen LogP contribution in [0.3, 0.4) is 0 Å². The van der Waals surface area contributed by atoms with Crippen molar-refractivity contribution in [1.82, 2.24) is 10.6 Å². The Labute approximate surface area is 193 Å². The standard InChI is InChI=1S/C26H30N2O5/c29-24(28-15-17-7-5-12-18(17)25(30)31)13-6-14-27-26(32)33-16-23-21-10-3-1-8-19(21)20-9-2-4-11-22(20)23/h1-4,8-11,17-18,23H,5-7,12-16H2,(H,27,32)(H,28,29)(H,30,31). The number of nitrogens with one attached hydrogen (secondary N) is 2. The second-order valence-corrected chi connectivity index (χ2v) is 8.80. The first-order chi connectivity index (χ1) is 16.0. The molecule has 0 aliphatic heterocycles. The summed E-state index contributed by atoms with van der Waals surface area (Å²) in [6, 6.07) is 16.4. The highest BCUT2D eigenvalue weighted by atomic mass is 16.5. The molecule has 3 N–H and O–H groups in total. The summed E-state index contributed by atoms with van der Waals surface area (Å²) < 4.78 is 5.49. The fourth-order valence-electron chi connectivity index (χ4n) is 5.03. The number of carboxylic acids is 1. The van der Waals surface area contributed by atoms with Crippen LogP contribution in [-0.2, 0) is 14.3 Å². The number of carbonyl (C=O) groups excluding carboxylic acids is 2. The second-order valence-electron chi connectivity index (χ2n) is 8.80. The third-order valence-corrected chi connectivity index (χ3v) is 6.73. The van der Waals surface area contributed by atoms with Gasteiger partial charge in [0.05, 0.1) is 5.92 Å². The Kier molecular flexibility index (Phi) is 7.27. The van der Waals surface area contributed by atoms with Crippen LogP contribution in [0.25, 0.3) is 11.1 Å². The van der Waals surface area contributed by atoms with Gasteiger partial charge in [-0.25, -0.2) is 4.79 Å². The molecule has 2 atom stereocenters. The smallest absolute Gasteiger partial charge is 0.407 e. The molecule has 0 spiro atoms. The maximum atomic E-state index is 12.2. The Hall–Kier alpha value is -3.35.